The Morgan fingerprint density at radius 2 is 1.85 bits per heavy atom. The van der Waals surface area contributed by atoms with Crippen LogP contribution in [0.2, 0.25) is 10.0 Å². The van der Waals surface area contributed by atoms with Crippen molar-refractivity contribution in [2.75, 3.05) is 5.75 Å². The molecule has 0 saturated heterocycles. The van der Waals surface area contributed by atoms with Crippen LogP contribution < -0.4 is 5.43 Å². The van der Waals surface area contributed by atoms with E-state index in [-0.39, 0.29) is 15.6 Å². The summed E-state index contributed by atoms with van der Waals surface area (Å²) in [6.45, 7) is 0. The number of terminal acetylenes is 1. The molecule has 1 aromatic carbocycles. The van der Waals surface area contributed by atoms with Crippen LogP contribution >= 0.6 is 23.2 Å². The van der Waals surface area contributed by atoms with Gasteiger partial charge in [-0.05, 0) is 12.1 Å². The molecular weight excluding hydrogens is 416 g/mol. The Balaban J connectivity index is 2.77. The molecule has 0 spiro atoms. The van der Waals surface area contributed by atoms with Crippen molar-refractivity contribution < 1.29 is 21.6 Å². The van der Waals surface area contributed by atoms with E-state index >= 15 is 0 Å². The lowest BCUT2D eigenvalue weighted by Crippen LogP contribution is -2.22. The second-order valence-corrected chi connectivity index (χ2v) is 7.86. The minimum atomic E-state index is -4.79. The average Bonchev–Trinajstić information content (AvgIpc) is 2.48. The van der Waals surface area contributed by atoms with Crippen LogP contribution in [0.4, 0.5) is 13.2 Å². The highest BCUT2D eigenvalue weighted by Crippen LogP contribution is 2.34. The molecule has 0 fully saturated rings. The Labute approximate surface area is 156 Å². The minimum absolute atomic E-state index is 0.154. The highest BCUT2D eigenvalue weighted by molar-refractivity contribution is 7.91. The molecule has 138 valence electrons. The number of hydrogen-bond acceptors (Lipinski definition) is 4. The summed E-state index contributed by atoms with van der Waals surface area (Å²) in [4.78, 5) is 11.7. The standard InChI is InChI=1S/C15H9Cl2F3N2O3S/c1-3-4-26(24,25)12-5-8(9(16)6-10(12)17)14-11(23)7-13(15(18,19)20)22(2)21-14/h1,5-7H,4H2,2H3. The zero-order valence-corrected chi connectivity index (χ0v) is 15.3. The van der Waals surface area contributed by atoms with Gasteiger partial charge in [-0.3, -0.25) is 9.48 Å². The van der Waals surface area contributed by atoms with E-state index in [4.69, 9.17) is 29.6 Å². The molecule has 1 heterocycles. The van der Waals surface area contributed by atoms with E-state index in [1.807, 2.05) is 5.92 Å². The Morgan fingerprint density at radius 1 is 1.23 bits per heavy atom. The van der Waals surface area contributed by atoms with Crippen molar-refractivity contribution in [1.29, 1.82) is 0 Å². The van der Waals surface area contributed by atoms with Crippen molar-refractivity contribution in [2.45, 2.75) is 11.1 Å². The summed E-state index contributed by atoms with van der Waals surface area (Å²) in [6.07, 6.45) is 0.225. The number of alkyl halides is 3. The number of nitrogens with zero attached hydrogens (tertiary/aromatic N) is 2. The van der Waals surface area contributed by atoms with Crippen molar-refractivity contribution in [3.05, 3.63) is 44.2 Å². The number of hydrogen-bond donors (Lipinski definition) is 0. The van der Waals surface area contributed by atoms with Crippen LogP contribution in [0.3, 0.4) is 0 Å². The summed E-state index contributed by atoms with van der Waals surface area (Å²) in [6, 6.07) is 2.37. The van der Waals surface area contributed by atoms with Gasteiger partial charge in [0.15, 0.2) is 9.84 Å². The predicted octanol–water partition coefficient (Wildman–Crippen LogP) is 3.18. The molecule has 2 aromatic rings. The summed E-state index contributed by atoms with van der Waals surface area (Å²) >= 11 is 11.9. The second-order valence-electron chi connectivity index (χ2n) is 5.09. The highest BCUT2D eigenvalue weighted by Gasteiger charge is 2.35. The third-order valence-corrected chi connectivity index (χ3v) is 5.57. The van der Waals surface area contributed by atoms with Gasteiger partial charge in [0.05, 0.1) is 14.9 Å². The zero-order valence-electron chi connectivity index (χ0n) is 12.9. The topological polar surface area (TPSA) is 69.0 Å². The maximum atomic E-state index is 12.9. The number of sulfone groups is 1. The maximum absolute atomic E-state index is 12.9. The van der Waals surface area contributed by atoms with Crippen molar-refractivity contribution in [2.24, 2.45) is 7.05 Å². The van der Waals surface area contributed by atoms with Crippen LogP contribution in [-0.4, -0.2) is 24.0 Å². The molecule has 0 aliphatic heterocycles. The van der Waals surface area contributed by atoms with E-state index in [1.165, 1.54) is 0 Å². The van der Waals surface area contributed by atoms with E-state index < -0.39 is 43.5 Å². The molecular formula is C15H9Cl2F3N2O3S. The number of benzene rings is 1. The number of aromatic nitrogens is 2. The minimum Gasteiger partial charge on any atom is -0.287 e. The highest BCUT2D eigenvalue weighted by atomic mass is 35.5. The lowest BCUT2D eigenvalue weighted by Gasteiger charge is -2.13. The molecule has 0 unspecified atom stereocenters. The molecule has 0 saturated carbocycles. The fourth-order valence-electron chi connectivity index (χ4n) is 2.13. The molecule has 0 radical (unpaired) electrons. The largest absolute Gasteiger partial charge is 0.433 e. The van der Waals surface area contributed by atoms with Crippen LogP contribution in [0.15, 0.2) is 27.9 Å². The zero-order chi connectivity index (χ0) is 19.9. The summed E-state index contributed by atoms with van der Waals surface area (Å²) in [7, 11) is -2.99. The van der Waals surface area contributed by atoms with Gasteiger partial charge in [-0.2, -0.15) is 18.3 Å². The van der Waals surface area contributed by atoms with Crippen molar-refractivity contribution >= 4 is 33.0 Å². The van der Waals surface area contributed by atoms with Crippen LogP contribution in [-0.2, 0) is 23.1 Å². The van der Waals surface area contributed by atoms with Crippen molar-refractivity contribution in [3.8, 4) is 23.6 Å². The van der Waals surface area contributed by atoms with Gasteiger partial charge in [0.25, 0.3) is 0 Å². The van der Waals surface area contributed by atoms with E-state index in [2.05, 4.69) is 5.10 Å². The van der Waals surface area contributed by atoms with Gasteiger partial charge in [-0.1, -0.05) is 29.1 Å². The Bertz CT molecular complexity index is 1090. The molecule has 5 nitrogen and oxygen atoms in total. The van der Waals surface area contributed by atoms with E-state index in [0.717, 1.165) is 19.2 Å². The third kappa shape index (κ3) is 3.87. The molecule has 0 N–H and O–H groups in total. The Morgan fingerprint density at radius 3 is 2.38 bits per heavy atom. The monoisotopic (exact) mass is 424 g/mol. The molecule has 0 atom stereocenters. The summed E-state index contributed by atoms with van der Waals surface area (Å²) < 4.78 is 63.4. The van der Waals surface area contributed by atoms with Crippen LogP contribution in [0.5, 0.6) is 0 Å². The number of aryl methyl sites for hydroxylation is 1. The van der Waals surface area contributed by atoms with Crippen LogP contribution in [0, 0.1) is 12.3 Å². The summed E-state index contributed by atoms with van der Waals surface area (Å²) in [5.74, 6) is 1.31. The fraction of sp³-hybridized carbons (Fsp3) is 0.200. The van der Waals surface area contributed by atoms with Crippen LogP contribution in [0.1, 0.15) is 5.69 Å². The lowest BCUT2D eigenvalue weighted by atomic mass is 10.1. The predicted molar refractivity (Wildman–Crippen MR) is 90.8 cm³/mol. The van der Waals surface area contributed by atoms with E-state index in [9.17, 15) is 26.4 Å². The average molecular weight is 425 g/mol. The SMILES string of the molecule is C#CCS(=O)(=O)c1cc(-c2nn(C)c(C(F)(F)F)cc2=O)c(Cl)cc1Cl. The normalized spacial score (nSPS) is 12.0. The first kappa shape index (κ1) is 20.3. The number of rotatable bonds is 3. The first-order valence-corrected chi connectivity index (χ1v) is 9.10. The van der Waals surface area contributed by atoms with Gasteiger partial charge < -0.3 is 0 Å². The van der Waals surface area contributed by atoms with E-state index in [0.29, 0.717) is 10.7 Å². The molecule has 0 aliphatic rings. The molecule has 1 aromatic heterocycles. The quantitative estimate of drug-likeness (QED) is 0.709. The maximum Gasteiger partial charge on any atom is 0.433 e. The molecule has 0 bridgehead atoms. The number of halogens is 5. The fourth-order valence-corrected chi connectivity index (χ4v) is 3.98. The van der Waals surface area contributed by atoms with Crippen molar-refractivity contribution in [3.63, 3.8) is 0 Å². The van der Waals surface area contributed by atoms with Crippen molar-refractivity contribution in [1.82, 2.24) is 9.78 Å². The van der Waals surface area contributed by atoms with Gasteiger partial charge in [-0.15, -0.1) is 6.42 Å². The second kappa shape index (κ2) is 6.95. The van der Waals surface area contributed by atoms with Gasteiger partial charge in [-0.25, -0.2) is 8.42 Å². The molecule has 11 heteroatoms. The first-order chi connectivity index (χ1) is 11.9. The lowest BCUT2D eigenvalue weighted by molar-refractivity contribution is -0.144. The van der Waals surface area contributed by atoms with Gasteiger partial charge in [0, 0.05) is 18.7 Å². The summed E-state index contributed by atoms with van der Waals surface area (Å²) in [5, 5.41) is 3.20. The van der Waals surface area contributed by atoms with Gasteiger partial charge in [0.1, 0.15) is 17.1 Å². The molecule has 0 aliphatic carbocycles. The Kier molecular flexibility index (Phi) is 5.42. The Hall–Kier alpha value is -2.02. The summed E-state index contributed by atoms with van der Waals surface area (Å²) in [5.41, 5.74) is -2.99. The van der Waals surface area contributed by atoms with Gasteiger partial charge >= 0.3 is 6.18 Å². The molecule has 26 heavy (non-hydrogen) atoms. The molecule has 2 rings (SSSR count). The van der Waals surface area contributed by atoms with Crippen LogP contribution in [0.25, 0.3) is 11.3 Å². The molecule has 0 amide bonds. The van der Waals surface area contributed by atoms with Gasteiger partial charge in [0.2, 0.25) is 5.43 Å². The van der Waals surface area contributed by atoms with E-state index in [1.54, 1.807) is 0 Å². The third-order valence-electron chi connectivity index (χ3n) is 3.28. The smallest absolute Gasteiger partial charge is 0.287 e. The first-order valence-electron chi connectivity index (χ1n) is 6.69.